The lowest BCUT2D eigenvalue weighted by atomic mass is 10.1. The van der Waals surface area contributed by atoms with Crippen LogP contribution in [0.4, 0.5) is 13.2 Å². The highest BCUT2D eigenvalue weighted by molar-refractivity contribution is 5.97. The standard InChI is InChI=1S/C17H13F3N4O2/c18-17(19,20)12-2-1-5-21-15(12)26-11-7-24(8-11)16(25)10-3-4-13-14(6-10)23-9-22-13/h1-6,9,11H,7-8H2,(H,22,23). The van der Waals surface area contributed by atoms with Gasteiger partial charge in [-0.3, -0.25) is 4.79 Å². The van der Waals surface area contributed by atoms with E-state index in [0.29, 0.717) is 5.56 Å². The Balaban J connectivity index is 1.42. The highest BCUT2D eigenvalue weighted by atomic mass is 19.4. The summed E-state index contributed by atoms with van der Waals surface area (Å²) in [5, 5.41) is 0. The highest BCUT2D eigenvalue weighted by Gasteiger charge is 2.38. The minimum atomic E-state index is -4.54. The van der Waals surface area contributed by atoms with Gasteiger partial charge < -0.3 is 14.6 Å². The van der Waals surface area contributed by atoms with Crippen molar-refractivity contribution in [3.05, 3.63) is 54.0 Å². The van der Waals surface area contributed by atoms with Crippen molar-refractivity contribution in [2.75, 3.05) is 13.1 Å². The molecule has 134 valence electrons. The van der Waals surface area contributed by atoms with Crippen LogP contribution in [-0.2, 0) is 6.18 Å². The van der Waals surface area contributed by atoms with Crippen LogP contribution in [0.5, 0.6) is 5.88 Å². The summed E-state index contributed by atoms with van der Waals surface area (Å²) >= 11 is 0. The summed E-state index contributed by atoms with van der Waals surface area (Å²) in [7, 11) is 0. The number of rotatable bonds is 3. The second-order valence-electron chi connectivity index (χ2n) is 5.94. The Labute approximate surface area is 145 Å². The lowest BCUT2D eigenvalue weighted by molar-refractivity contribution is -0.140. The maximum atomic E-state index is 13.0. The number of hydrogen-bond donors (Lipinski definition) is 1. The van der Waals surface area contributed by atoms with Crippen LogP contribution in [0.15, 0.2) is 42.9 Å². The van der Waals surface area contributed by atoms with E-state index in [-0.39, 0.29) is 19.0 Å². The van der Waals surface area contributed by atoms with Crippen molar-refractivity contribution >= 4 is 16.9 Å². The van der Waals surface area contributed by atoms with Crippen molar-refractivity contribution in [1.82, 2.24) is 19.9 Å². The van der Waals surface area contributed by atoms with Crippen molar-refractivity contribution in [3.8, 4) is 5.88 Å². The van der Waals surface area contributed by atoms with Crippen LogP contribution in [0.2, 0.25) is 0 Å². The van der Waals surface area contributed by atoms with Gasteiger partial charge in [0.05, 0.1) is 30.5 Å². The summed E-state index contributed by atoms with van der Waals surface area (Å²) in [5.74, 6) is -0.672. The molecule has 1 aromatic carbocycles. The van der Waals surface area contributed by atoms with Gasteiger partial charge >= 0.3 is 6.18 Å². The van der Waals surface area contributed by atoms with Gasteiger partial charge in [0.2, 0.25) is 5.88 Å². The van der Waals surface area contributed by atoms with Crippen LogP contribution in [0.1, 0.15) is 15.9 Å². The number of halogens is 3. The Morgan fingerprint density at radius 3 is 2.81 bits per heavy atom. The van der Waals surface area contributed by atoms with E-state index in [0.717, 1.165) is 17.1 Å². The van der Waals surface area contributed by atoms with Crippen LogP contribution in [0, 0.1) is 0 Å². The van der Waals surface area contributed by atoms with Crippen LogP contribution >= 0.6 is 0 Å². The first-order valence-corrected chi connectivity index (χ1v) is 7.83. The summed E-state index contributed by atoms with van der Waals surface area (Å²) in [6.07, 6.45) is -2.28. The maximum Gasteiger partial charge on any atom is 0.421 e. The molecule has 1 saturated heterocycles. The fourth-order valence-corrected chi connectivity index (χ4v) is 2.79. The van der Waals surface area contributed by atoms with E-state index in [2.05, 4.69) is 15.0 Å². The van der Waals surface area contributed by atoms with Gasteiger partial charge in [0, 0.05) is 11.8 Å². The molecule has 9 heteroatoms. The third-order valence-corrected chi connectivity index (χ3v) is 4.16. The topological polar surface area (TPSA) is 71.1 Å². The quantitative estimate of drug-likeness (QED) is 0.778. The van der Waals surface area contributed by atoms with Gasteiger partial charge in [-0.15, -0.1) is 0 Å². The molecule has 1 N–H and O–H groups in total. The van der Waals surface area contributed by atoms with Gasteiger partial charge in [-0.25, -0.2) is 9.97 Å². The molecular weight excluding hydrogens is 349 g/mol. The second kappa shape index (κ2) is 6.01. The number of pyridine rings is 1. The van der Waals surface area contributed by atoms with Crippen LogP contribution in [0.25, 0.3) is 11.0 Å². The van der Waals surface area contributed by atoms with Crippen molar-refractivity contribution in [3.63, 3.8) is 0 Å². The highest BCUT2D eigenvalue weighted by Crippen LogP contribution is 2.35. The Kier molecular flexibility index (Phi) is 3.78. The largest absolute Gasteiger partial charge is 0.470 e. The molecule has 1 aliphatic rings. The van der Waals surface area contributed by atoms with Gasteiger partial charge in [0.15, 0.2) is 0 Å². The van der Waals surface area contributed by atoms with E-state index in [4.69, 9.17) is 4.74 Å². The second-order valence-corrected chi connectivity index (χ2v) is 5.94. The molecule has 0 bridgehead atoms. The molecule has 0 saturated carbocycles. The third kappa shape index (κ3) is 2.96. The molecule has 0 unspecified atom stereocenters. The summed E-state index contributed by atoms with van der Waals surface area (Å²) in [4.78, 5) is 24.7. The van der Waals surface area contributed by atoms with E-state index in [1.165, 1.54) is 23.5 Å². The van der Waals surface area contributed by atoms with Crippen molar-refractivity contribution in [2.24, 2.45) is 0 Å². The summed E-state index contributed by atoms with van der Waals surface area (Å²) < 4.78 is 44.2. The number of H-pyrrole nitrogens is 1. The molecule has 4 rings (SSSR count). The molecule has 0 atom stereocenters. The Hall–Kier alpha value is -3.10. The molecule has 6 nitrogen and oxygen atoms in total. The van der Waals surface area contributed by atoms with Gasteiger partial charge in [-0.05, 0) is 30.3 Å². The number of likely N-dealkylation sites (tertiary alicyclic amines) is 1. The van der Waals surface area contributed by atoms with Crippen LogP contribution in [-0.4, -0.2) is 45.0 Å². The molecule has 3 heterocycles. The van der Waals surface area contributed by atoms with Gasteiger partial charge in [-0.1, -0.05) is 0 Å². The van der Waals surface area contributed by atoms with Crippen molar-refractivity contribution < 1.29 is 22.7 Å². The Morgan fingerprint density at radius 1 is 1.23 bits per heavy atom. The predicted molar refractivity (Wildman–Crippen MR) is 85.7 cm³/mol. The van der Waals surface area contributed by atoms with Gasteiger partial charge in [0.25, 0.3) is 5.91 Å². The van der Waals surface area contributed by atoms with E-state index >= 15 is 0 Å². The Morgan fingerprint density at radius 2 is 2.04 bits per heavy atom. The lowest BCUT2D eigenvalue weighted by Gasteiger charge is -2.39. The SMILES string of the molecule is O=C(c1ccc2nc[nH]c2c1)N1CC(Oc2ncccc2C(F)(F)F)C1. The number of hydrogen-bond acceptors (Lipinski definition) is 4. The van der Waals surface area contributed by atoms with Gasteiger partial charge in [0.1, 0.15) is 11.7 Å². The number of nitrogens with one attached hydrogen (secondary N) is 1. The number of alkyl halides is 3. The number of aromatic amines is 1. The van der Waals surface area contributed by atoms with Gasteiger partial charge in [-0.2, -0.15) is 13.2 Å². The average Bonchev–Trinajstić information content (AvgIpc) is 3.04. The van der Waals surface area contributed by atoms with E-state index in [1.54, 1.807) is 18.2 Å². The number of carbonyl (C=O) groups is 1. The number of aromatic nitrogens is 3. The first kappa shape index (κ1) is 16.4. The first-order chi connectivity index (χ1) is 12.4. The average molecular weight is 362 g/mol. The number of nitrogens with zero attached hydrogens (tertiary/aromatic N) is 3. The maximum absolute atomic E-state index is 13.0. The molecule has 3 aromatic rings. The summed E-state index contributed by atoms with van der Waals surface area (Å²) in [6, 6.07) is 7.22. The zero-order valence-corrected chi connectivity index (χ0v) is 13.3. The fourth-order valence-electron chi connectivity index (χ4n) is 2.79. The minimum Gasteiger partial charge on any atom is -0.470 e. The number of imidazole rings is 1. The lowest BCUT2D eigenvalue weighted by Crippen LogP contribution is -2.56. The number of carbonyl (C=O) groups excluding carboxylic acids is 1. The zero-order valence-electron chi connectivity index (χ0n) is 13.3. The van der Waals surface area contributed by atoms with Crippen LogP contribution in [0.3, 0.4) is 0 Å². The molecule has 0 radical (unpaired) electrons. The van der Waals surface area contributed by atoms with E-state index < -0.39 is 23.7 Å². The Bertz CT molecular complexity index is 964. The third-order valence-electron chi connectivity index (χ3n) is 4.16. The number of fused-ring (bicyclic) bond motifs is 1. The smallest absolute Gasteiger partial charge is 0.421 e. The number of amides is 1. The molecule has 26 heavy (non-hydrogen) atoms. The molecule has 0 aliphatic carbocycles. The molecule has 1 amide bonds. The monoisotopic (exact) mass is 362 g/mol. The molecule has 1 aliphatic heterocycles. The van der Waals surface area contributed by atoms with Crippen molar-refractivity contribution in [1.29, 1.82) is 0 Å². The van der Waals surface area contributed by atoms with E-state index in [1.807, 2.05) is 0 Å². The normalized spacial score (nSPS) is 15.1. The minimum absolute atomic E-state index is 0.202. The molecule has 1 fully saturated rings. The predicted octanol–water partition coefficient (Wildman–Crippen LogP) is 2.88. The number of ether oxygens (including phenoxy) is 1. The first-order valence-electron chi connectivity index (χ1n) is 7.83. The van der Waals surface area contributed by atoms with Crippen molar-refractivity contribution in [2.45, 2.75) is 12.3 Å². The van der Waals surface area contributed by atoms with E-state index in [9.17, 15) is 18.0 Å². The molecular formula is C17H13F3N4O2. The molecule has 0 spiro atoms. The fraction of sp³-hybridized carbons (Fsp3) is 0.235. The molecule has 2 aromatic heterocycles. The van der Waals surface area contributed by atoms with Crippen LogP contribution < -0.4 is 4.74 Å². The zero-order chi connectivity index (χ0) is 18.3. The number of benzene rings is 1. The summed E-state index contributed by atoms with van der Waals surface area (Å²) in [5.41, 5.74) is 1.05. The summed E-state index contributed by atoms with van der Waals surface area (Å²) in [6.45, 7) is 0.404.